The SMILES string of the molecule is CC(=N)N(C)c1ccc(C(=O)NC2C=CC=CC2C(=O)Nc2ccc(Cl)cn2)cc1. The van der Waals surface area contributed by atoms with Crippen LogP contribution in [0.25, 0.3) is 0 Å². The third kappa shape index (κ3) is 5.12. The Hall–Kier alpha value is -3.45. The lowest BCUT2D eigenvalue weighted by molar-refractivity contribution is -0.118. The number of hydrogen-bond acceptors (Lipinski definition) is 4. The molecule has 1 aromatic carbocycles. The van der Waals surface area contributed by atoms with E-state index in [4.69, 9.17) is 17.0 Å². The number of aromatic nitrogens is 1. The zero-order valence-corrected chi connectivity index (χ0v) is 17.4. The molecule has 3 rings (SSSR count). The highest BCUT2D eigenvalue weighted by atomic mass is 35.5. The van der Waals surface area contributed by atoms with Crippen molar-refractivity contribution in [3.63, 3.8) is 0 Å². The Bertz CT molecular complexity index is 999. The van der Waals surface area contributed by atoms with Crippen molar-refractivity contribution in [1.29, 1.82) is 5.41 Å². The molecule has 1 aliphatic rings. The molecule has 3 N–H and O–H groups in total. The number of carbonyl (C=O) groups excluding carboxylic acids is 2. The zero-order chi connectivity index (χ0) is 21.7. The Morgan fingerprint density at radius 3 is 2.43 bits per heavy atom. The van der Waals surface area contributed by atoms with E-state index in [1.807, 2.05) is 0 Å². The van der Waals surface area contributed by atoms with Gasteiger partial charge in [-0.15, -0.1) is 0 Å². The molecule has 1 aromatic heterocycles. The summed E-state index contributed by atoms with van der Waals surface area (Å²) >= 11 is 5.82. The van der Waals surface area contributed by atoms with E-state index in [0.29, 0.717) is 22.2 Å². The lowest BCUT2D eigenvalue weighted by Crippen LogP contribution is -2.44. The second-order valence-electron chi connectivity index (χ2n) is 6.84. The van der Waals surface area contributed by atoms with E-state index >= 15 is 0 Å². The van der Waals surface area contributed by atoms with Crippen molar-refractivity contribution in [2.24, 2.45) is 5.92 Å². The van der Waals surface area contributed by atoms with Gasteiger partial charge in [-0.25, -0.2) is 4.98 Å². The van der Waals surface area contributed by atoms with Crippen LogP contribution in [0.15, 0.2) is 66.9 Å². The summed E-state index contributed by atoms with van der Waals surface area (Å²) in [5.74, 6) is -0.367. The van der Waals surface area contributed by atoms with Crippen molar-refractivity contribution >= 4 is 40.8 Å². The van der Waals surface area contributed by atoms with Crippen molar-refractivity contribution in [1.82, 2.24) is 10.3 Å². The summed E-state index contributed by atoms with van der Waals surface area (Å²) in [5.41, 5.74) is 1.28. The first-order valence-electron chi connectivity index (χ1n) is 9.32. The smallest absolute Gasteiger partial charge is 0.251 e. The van der Waals surface area contributed by atoms with E-state index in [-0.39, 0.29) is 11.8 Å². The molecule has 2 unspecified atom stereocenters. The van der Waals surface area contributed by atoms with Crippen molar-refractivity contribution in [3.05, 3.63) is 77.5 Å². The summed E-state index contributed by atoms with van der Waals surface area (Å²) in [4.78, 5) is 31.2. The lowest BCUT2D eigenvalue weighted by Gasteiger charge is -2.24. The first-order valence-corrected chi connectivity index (χ1v) is 9.70. The minimum absolute atomic E-state index is 0.283. The van der Waals surface area contributed by atoms with Gasteiger partial charge in [-0.05, 0) is 43.3 Å². The molecule has 8 heteroatoms. The Morgan fingerprint density at radius 1 is 1.10 bits per heavy atom. The van der Waals surface area contributed by atoms with Crippen LogP contribution in [-0.4, -0.2) is 35.7 Å². The standard InChI is InChI=1S/C22H22ClN5O2/c1-14(24)28(2)17-10-7-15(8-11-17)21(29)26-19-6-4-3-5-18(19)22(30)27-20-12-9-16(23)13-25-20/h3-13,18-19,24H,1-2H3,(H,26,29)(H,25,27,30). The van der Waals surface area contributed by atoms with Gasteiger partial charge in [0.05, 0.1) is 22.8 Å². The number of rotatable bonds is 5. The zero-order valence-electron chi connectivity index (χ0n) is 16.6. The van der Waals surface area contributed by atoms with Gasteiger partial charge in [0.25, 0.3) is 5.91 Å². The Kier molecular flexibility index (Phi) is 6.64. The van der Waals surface area contributed by atoms with Crippen LogP contribution in [0.4, 0.5) is 11.5 Å². The number of nitrogens with zero attached hydrogens (tertiary/aromatic N) is 2. The first kappa shape index (κ1) is 21.3. The van der Waals surface area contributed by atoms with Crippen LogP contribution in [0.2, 0.25) is 5.02 Å². The minimum Gasteiger partial charge on any atom is -0.345 e. The molecule has 30 heavy (non-hydrogen) atoms. The highest BCUT2D eigenvalue weighted by molar-refractivity contribution is 6.30. The molecule has 0 radical (unpaired) electrons. The average Bonchev–Trinajstić information content (AvgIpc) is 2.75. The molecule has 7 nitrogen and oxygen atoms in total. The number of allylic oxidation sites excluding steroid dienone is 2. The van der Waals surface area contributed by atoms with E-state index in [1.54, 1.807) is 79.6 Å². The number of carbonyl (C=O) groups is 2. The second-order valence-corrected chi connectivity index (χ2v) is 7.27. The highest BCUT2D eigenvalue weighted by Crippen LogP contribution is 2.18. The van der Waals surface area contributed by atoms with Gasteiger partial charge >= 0.3 is 0 Å². The van der Waals surface area contributed by atoms with E-state index in [1.165, 1.54) is 6.20 Å². The van der Waals surface area contributed by atoms with Gasteiger partial charge in [0.1, 0.15) is 5.82 Å². The van der Waals surface area contributed by atoms with Crippen molar-refractivity contribution in [3.8, 4) is 0 Å². The van der Waals surface area contributed by atoms with E-state index < -0.39 is 12.0 Å². The Labute approximate surface area is 180 Å². The van der Waals surface area contributed by atoms with Crippen LogP contribution in [-0.2, 0) is 4.79 Å². The normalized spacial score (nSPS) is 17.3. The monoisotopic (exact) mass is 423 g/mol. The predicted molar refractivity (Wildman–Crippen MR) is 119 cm³/mol. The number of hydrogen-bond donors (Lipinski definition) is 3. The average molecular weight is 424 g/mol. The summed E-state index contributed by atoms with van der Waals surface area (Å²) in [6.45, 7) is 1.69. The fourth-order valence-corrected chi connectivity index (χ4v) is 3.03. The van der Waals surface area contributed by atoms with Crippen LogP contribution in [0.5, 0.6) is 0 Å². The van der Waals surface area contributed by atoms with Gasteiger partial charge in [0.15, 0.2) is 0 Å². The number of nitrogens with one attached hydrogen (secondary N) is 3. The molecular formula is C22H22ClN5O2. The molecule has 0 saturated heterocycles. The summed E-state index contributed by atoms with van der Waals surface area (Å²) in [6, 6.07) is 9.70. The summed E-state index contributed by atoms with van der Waals surface area (Å²) in [5, 5.41) is 13.8. The molecule has 0 spiro atoms. The maximum atomic E-state index is 12.7. The molecule has 1 aliphatic carbocycles. The number of benzene rings is 1. The lowest BCUT2D eigenvalue weighted by atomic mass is 9.93. The molecule has 0 saturated carbocycles. The second kappa shape index (κ2) is 9.37. The van der Waals surface area contributed by atoms with Crippen molar-refractivity contribution in [2.75, 3.05) is 17.3 Å². The van der Waals surface area contributed by atoms with Crippen molar-refractivity contribution < 1.29 is 9.59 Å². The molecule has 2 atom stereocenters. The first-order chi connectivity index (χ1) is 14.3. The number of amides is 2. The molecule has 2 amide bonds. The molecule has 1 heterocycles. The summed E-state index contributed by atoms with van der Waals surface area (Å²) in [6.07, 6.45) is 8.53. The summed E-state index contributed by atoms with van der Waals surface area (Å²) < 4.78 is 0. The van der Waals surface area contributed by atoms with E-state index in [2.05, 4.69) is 15.6 Å². The molecular weight excluding hydrogens is 402 g/mol. The number of anilines is 2. The molecule has 0 aliphatic heterocycles. The maximum absolute atomic E-state index is 12.7. The minimum atomic E-state index is -0.581. The van der Waals surface area contributed by atoms with Gasteiger partial charge < -0.3 is 15.5 Å². The van der Waals surface area contributed by atoms with Crippen molar-refractivity contribution in [2.45, 2.75) is 13.0 Å². The number of halogens is 1. The molecule has 154 valence electrons. The van der Waals surface area contributed by atoms with Gasteiger partial charge in [-0.1, -0.05) is 35.9 Å². The van der Waals surface area contributed by atoms with Crippen LogP contribution in [0.3, 0.4) is 0 Å². The van der Waals surface area contributed by atoms with Crippen LogP contribution in [0.1, 0.15) is 17.3 Å². The fraction of sp³-hybridized carbons (Fsp3) is 0.182. The van der Waals surface area contributed by atoms with Crippen LogP contribution >= 0.6 is 11.6 Å². The number of amidine groups is 1. The largest absolute Gasteiger partial charge is 0.345 e. The summed E-state index contributed by atoms with van der Waals surface area (Å²) in [7, 11) is 1.79. The van der Waals surface area contributed by atoms with Gasteiger partial charge in [0, 0.05) is 24.5 Å². The van der Waals surface area contributed by atoms with Gasteiger partial charge in [0.2, 0.25) is 5.91 Å². The third-order valence-electron chi connectivity index (χ3n) is 4.73. The topological polar surface area (TPSA) is 98.2 Å². The third-order valence-corrected chi connectivity index (χ3v) is 4.96. The van der Waals surface area contributed by atoms with E-state index in [9.17, 15) is 9.59 Å². The molecule has 2 aromatic rings. The maximum Gasteiger partial charge on any atom is 0.251 e. The molecule has 0 bridgehead atoms. The number of pyridine rings is 1. The van der Waals surface area contributed by atoms with E-state index in [0.717, 1.165) is 5.69 Å². The highest BCUT2D eigenvalue weighted by Gasteiger charge is 2.27. The predicted octanol–water partition coefficient (Wildman–Crippen LogP) is 3.65. The van der Waals surface area contributed by atoms with Gasteiger partial charge in [-0.3, -0.25) is 15.0 Å². The Morgan fingerprint density at radius 2 is 1.80 bits per heavy atom. The Balaban J connectivity index is 1.67. The van der Waals surface area contributed by atoms with Crippen LogP contribution < -0.4 is 15.5 Å². The molecule has 0 fully saturated rings. The van der Waals surface area contributed by atoms with Gasteiger partial charge in [-0.2, -0.15) is 0 Å². The quantitative estimate of drug-likeness (QED) is 0.505. The van der Waals surface area contributed by atoms with Crippen LogP contribution in [0, 0.1) is 11.3 Å². The fourth-order valence-electron chi connectivity index (χ4n) is 2.92.